The molecule has 3 heterocycles. The summed E-state index contributed by atoms with van der Waals surface area (Å²) >= 11 is 1.38. The molecular formula is C65H99N11O15S. The highest BCUT2D eigenvalue weighted by Gasteiger charge is 2.44. The van der Waals surface area contributed by atoms with E-state index < -0.39 is 95.0 Å². The number of ether oxygens (including phenoxy) is 4. The third-order valence-electron chi connectivity index (χ3n) is 17.6. The fourth-order valence-electron chi connectivity index (χ4n) is 12.1. The number of aliphatic hydroxyl groups excluding tert-OH is 1. The Hall–Kier alpha value is -7.20. The molecule has 0 radical (unpaired) electrons. The molecule has 2 saturated heterocycles. The number of nitrogens with zero attached hydrogens (tertiary/aromatic N) is 7. The summed E-state index contributed by atoms with van der Waals surface area (Å²) in [5.41, 5.74) is 1.70. The smallest absolute Gasteiger partial charge is 0.434 e. The molecule has 5 N–H and O–H groups in total. The molecule has 8 amide bonds. The lowest BCUT2D eigenvalue weighted by molar-refractivity contribution is -0.396. The lowest BCUT2D eigenvalue weighted by atomic mass is 9.89. The van der Waals surface area contributed by atoms with Gasteiger partial charge in [0.25, 0.3) is 0 Å². The molecule has 92 heavy (non-hydrogen) atoms. The average molecular weight is 1310 g/mol. The molecule has 3 aromatic rings. The number of nitro groups is 1. The minimum atomic E-state index is -1.11. The number of carbonyl (C=O) groups is 8. The van der Waals surface area contributed by atoms with Gasteiger partial charge in [-0.25, -0.2) is 9.36 Å². The first kappa shape index (κ1) is 75.5. The van der Waals surface area contributed by atoms with E-state index in [2.05, 4.69) is 26.3 Å². The first-order chi connectivity index (χ1) is 43.7. The molecule has 1 aromatic heterocycles. The van der Waals surface area contributed by atoms with E-state index in [4.69, 9.17) is 18.9 Å². The van der Waals surface area contributed by atoms with Crippen LogP contribution in [0.3, 0.4) is 0 Å². The molecular weight excluding hydrogens is 1210 g/mol. The van der Waals surface area contributed by atoms with Gasteiger partial charge in [-0.05, 0) is 91.3 Å². The molecule has 0 saturated carbocycles. The van der Waals surface area contributed by atoms with Crippen LogP contribution in [0.5, 0.6) is 5.75 Å². The summed E-state index contributed by atoms with van der Waals surface area (Å²) in [7, 11) is 7.56. The zero-order valence-corrected chi connectivity index (χ0v) is 56.8. The molecule has 0 spiro atoms. The van der Waals surface area contributed by atoms with Crippen LogP contribution >= 0.6 is 11.8 Å². The molecule has 26 nitrogen and oxygen atoms in total. The van der Waals surface area contributed by atoms with Crippen molar-refractivity contribution in [1.29, 1.82) is 0 Å². The Morgan fingerprint density at radius 2 is 1.59 bits per heavy atom. The lowest BCUT2D eigenvalue weighted by Crippen LogP contribution is -2.60. The van der Waals surface area contributed by atoms with Crippen molar-refractivity contribution >= 4 is 70.8 Å². The molecule has 2 fully saturated rings. The van der Waals surface area contributed by atoms with Crippen LogP contribution in [0.25, 0.3) is 0 Å². The van der Waals surface area contributed by atoms with Crippen molar-refractivity contribution in [2.45, 2.75) is 180 Å². The molecule has 11 atom stereocenters. The summed E-state index contributed by atoms with van der Waals surface area (Å²) in [6.45, 7) is 15.4. The number of carbonyl (C=O) groups excluding carboxylic acids is 8. The Morgan fingerprint density at radius 1 is 0.891 bits per heavy atom. The number of imide groups is 1. The average Bonchev–Trinajstić information content (AvgIpc) is 1.28. The number of hydrogen-bond donors (Lipinski definition) is 5. The summed E-state index contributed by atoms with van der Waals surface area (Å²) in [5.74, 6) is -4.22. The van der Waals surface area contributed by atoms with Crippen molar-refractivity contribution in [3.05, 3.63) is 81.7 Å². The van der Waals surface area contributed by atoms with Gasteiger partial charge in [0.2, 0.25) is 41.4 Å². The van der Waals surface area contributed by atoms with Gasteiger partial charge >= 0.3 is 12.0 Å². The lowest BCUT2D eigenvalue weighted by Gasteiger charge is -2.41. The number of likely N-dealkylation sites (tertiary alicyclic amines) is 2. The van der Waals surface area contributed by atoms with Crippen molar-refractivity contribution < 1.29 is 67.3 Å². The highest BCUT2D eigenvalue weighted by Crippen LogP contribution is 2.32. The summed E-state index contributed by atoms with van der Waals surface area (Å²) in [6, 6.07) is 9.93. The maximum atomic E-state index is 14.9. The van der Waals surface area contributed by atoms with Crippen LogP contribution < -0.4 is 26.0 Å². The predicted molar refractivity (Wildman–Crippen MR) is 348 cm³/mol. The quantitative estimate of drug-likeness (QED) is 0.0181. The first-order valence-corrected chi connectivity index (χ1v) is 33.1. The number of hydrogen-bond acceptors (Lipinski definition) is 18. The van der Waals surface area contributed by atoms with E-state index in [9.17, 15) is 53.6 Å². The Morgan fingerprint density at radius 3 is 2.20 bits per heavy atom. The number of aliphatic hydroxyl groups is 1. The van der Waals surface area contributed by atoms with E-state index in [1.165, 1.54) is 60.6 Å². The SMILES string of the molecule is CC[C@H](C)[C@@H]([C@@H](CC(=O)N1CCC[C@H]1[C@H](OC)[C@@H](C)C(=O)N[C@H](C)[C@@H](O)c1ccccc1)OC)N(C)C(=O)[C@@H](NC(=O)[C@H](C(C)C)N(C)C(=O)OCc1ccc(OCc2cnc([N+](=O)[O-])n2C)c(NC(=O)CNCCCCCCN2C(=O)CC(SC)C2=O)c1)C(C)C. The van der Waals surface area contributed by atoms with E-state index in [-0.39, 0.29) is 84.8 Å². The van der Waals surface area contributed by atoms with E-state index in [0.29, 0.717) is 62.1 Å². The number of imidazole rings is 1. The normalized spacial score (nSPS) is 17.9. The fraction of sp³-hybridized carbons (Fsp3) is 0.646. The van der Waals surface area contributed by atoms with E-state index in [1.807, 2.05) is 38.3 Å². The van der Waals surface area contributed by atoms with Crippen LogP contribution in [-0.2, 0) is 68.0 Å². The van der Waals surface area contributed by atoms with Gasteiger partial charge < -0.3 is 65.2 Å². The molecule has 27 heteroatoms. The van der Waals surface area contributed by atoms with Crippen LogP contribution in [0.2, 0.25) is 0 Å². The van der Waals surface area contributed by atoms with Gasteiger partial charge in [0, 0.05) is 47.8 Å². The van der Waals surface area contributed by atoms with Gasteiger partial charge in [-0.1, -0.05) is 109 Å². The molecule has 2 aliphatic heterocycles. The molecule has 0 aliphatic carbocycles. The van der Waals surface area contributed by atoms with Gasteiger partial charge in [0.15, 0.2) is 5.69 Å². The maximum Gasteiger partial charge on any atom is 0.434 e. The standard InChI is InChI=1S/C65H99N11O15S/c1-15-41(6)57(50(88-12)33-53(78)74-31-23-26-48(74)59(89-13)42(7)60(81)68-43(8)58(80)45-24-19-18-20-25-45)72(10)63(84)55(39(2)3)70-61(82)56(40(4)5)73(11)65(85)91-37-44-27-28-49(90-38-46-35-67-64(71(46)9)76(86)87)47(32-44)69-52(77)36-66-29-21-16-17-22-30-75-54(79)34-51(92-14)62(75)83/h18-20,24-25,27-28,32,35,39-43,48,50-51,55-59,66,80H,15-17,21-23,26,29-31,33-34,36-38H2,1-14H3,(H,68,81)(H,69,77)(H,70,82)/t41-,42+,43+,48-,50+,51?,55-,56-,57-,58+,59+/m0/s1. The number of rotatable bonds is 37. The highest BCUT2D eigenvalue weighted by atomic mass is 32.2. The minimum absolute atomic E-state index is 0.0696. The zero-order valence-electron chi connectivity index (χ0n) is 56.0. The van der Waals surface area contributed by atoms with Crippen molar-refractivity contribution in [2.75, 3.05) is 66.1 Å². The van der Waals surface area contributed by atoms with Gasteiger partial charge in [-0.3, -0.25) is 43.4 Å². The maximum absolute atomic E-state index is 14.9. The Kier molecular flexibility index (Phi) is 29.8. The highest BCUT2D eigenvalue weighted by molar-refractivity contribution is 8.00. The van der Waals surface area contributed by atoms with Gasteiger partial charge in [0.1, 0.15) is 37.2 Å². The third-order valence-corrected chi connectivity index (χ3v) is 18.6. The number of aromatic nitrogens is 2. The van der Waals surface area contributed by atoms with Crippen LogP contribution in [0.1, 0.15) is 136 Å². The first-order valence-electron chi connectivity index (χ1n) is 31.8. The largest absolute Gasteiger partial charge is 0.484 e. The van der Waals surface area contributed by atoms with Crippen LogP contribution in [0.15, 0.2) is 54.7 Å². The minimum Gasteiger partial charge on any atom is -0.484 e. The van der Waals surface area contributed by atoms with Gasteiger partial charge in [-0.2, -0.15) is 11.8 Å². The molecule has 1 unspecified atom stereocenters. The summed E-state index contributed by atoms with van der Waals surface area (Å²) in [4.78, 5) is 130. The fourth-order valence-corrected chi connectivity index (χ4v) is 12.7. The Labute approximate surface area is 545 Å². The molecule has 5 rings (SSSR count). The molecule has 2 aromatic carbocycles. The second kappa shape index (κ2) is 36.3. The number of likely N-dealkylation sites (N-methyl/N-ethyl adjacent to an activating group) is 2. The summed E-state index contributed by atoms with van der Waals surface area (Å²) in [5, 5.41) is 34.0. The number of anilines is 1. The van der Waals surface area contributed by atoms with Crippen LogP contribution in [-0.4, -0.2) is 195 Å². The zero-order chi connectivity index (χ0) is 68.1. The molecule has 510 valence electrons. The van der Waals surface area contributed by atoms with Crippen molar-refractivity contribution in [3.8, 4) is 5.75 Å². The van der Waals surface area contributed by atoms with Gasteiger partial charge in [-0.15, -0.1) is 0 Å². The number of unbranched alkanes of at least 4 members (excludes halogenated alkanes) is 3. The second-order valence-corrected chi connectivity index (χ2v) is 25.8. The predicted octanol–water partition coefficient (Wildman–Crippen LogP) is 6.38. The van der Waals surface area contributed by atoms with E-state index >= 15 is 0 Å². The Bertz CT molecular complexity index is 2970. The Balaban J connectivity index is 1.22. The number of methoxy groups -OCH3 is 2. The number of benzene rings is 2. The van der Waals surface area contributed by atoms with Crippen molar-refractivity contribution in [3.63, 3.8) is 0 Å². The summed E-state index contributed by atoms with van der Waals surface area (Å²) in [6.07, 6.45) is 4.95. The molecule has 0 bridgehead atoms. The van der Waals surface area contributed by atoms with Gasteiger partial charge in [0.05, 0.1) is 73.3 Å². The third kappa shape index (κ3) is 20.2. The number of amides is 8. The number of nitrogens with one attached hydrogen (secondary N) is 4. The van der Waals surface area contributed by atoms with E-state index in [0.717, 1.165) is 19.3 Å². The molecule has 2 aliphatic rings. The number of thioether (sulfide) groups is 1. The van der Waals surface area contributed by atoms with E-state index in [1.54, 1.807) is 88.7 Å². The van der Waals surface area contributed by atoms with Crippen molar-refractivity contribution in [2.24, 2.45) is 30.7 Å². The van der Waals surface area contributed by atoms with Crippen molar-refractivity contribution in [1.82, 2.24) is 45.1 Å². The second-order valence-electron chi connectivity index (χ2n) is 24.8. The van der Waals surface area contributed by atoms with Crippen LogP contribution in [0.4, 0.5) is 16.4 Å². The monoisotopic (exact) mass is 1310 g/mol. The summed E-state index contributed by atoms with van der Waals surface area (Å²) < 4.78 is 25.2. The van der Waals surface area contributed by atoms with Crippen LogP contribution in [0, 0.1) is 33.8 Å². The topological polar surface area (TPSA) is 316 Å².